The van der Waals surface area contributed by atoms with Gasteiger partial charge in [0.1, 0.15) is 11.6 Å². The molecule has 2 heterocycles. The Hall–Kier alpha value is -3.69. The molecule has 0 bridgehead atoms. The lowest BCUT2D eigenvalue weighted by atomic mass is 9.97. The highest BCUT2D eigenvalue weighted by molar-refractivity contribution is 7.89. The van der Waals surface area contributed by atoms with E-state index >= 15 is 0 Å². The van der Waals surface area contributed by atoms with Crippen LogP contribution in [0.1, 0.15) is 12.8 Å². The molecule has 8 nitrogen and oxygen atoms in total. The van der Waals surface area contributed by atoms with E-state index in [1.807, 2.05) is 48.5 Å². The first-order valence-corrected chi connectivity index (χ1v) is 12.9. The van der Waals surface area contributed by atoms with Crippen LogP contribution >= 0.6 is 0 Å². The highest BCUT2D eigenvalue weighted by Crippen LogP contribution is 2.30. The summed E-state index contributed by atoms with van der Waals surface area (Å²) in [4.78, 5) is 21.3. The predicted octanol–water partition coefficient (Wildman–Crippen LogP) is 4.28. The number of methoxy groups -OCH3 is 1. The summed E-state index contributed by atoms with van der Waals surface area (Å²) in [6.45, 7) is 0.579. The Labute approximate surface area is 204 Å². The summed E-state index contributed by atoms with van der Waals surface area (Å²) in [6, 6.07) is 21.7. The maximum Gasteiger partial charge on any atom is 0.243 e. The van der Waals surface area contributed by atoms with Crippen LogP contribution in [0.5, 0.6) is 5.75 Å². The Balaban J connectivity index is 1.27. The number of benzene rings is 3. The molecular formula is C26H26N4O4S. The summed E-state index contributed by atoms with van der Waals surface area (Å²) >= 11 is 0. The number of rotatable bonds is 6. The molecule has 4 aromatic rings. The minimum Gasteiger partial charge on any atom is -0.497 e. The maximum absolute atomic E-state index is 13.1. The van der Waals surface area contributed by atoms with E-state index in [-0.39, 0.29) is 29.8 Å². The van der Waals surface area contributed by atoms with Gasteiger partial charge < -0.3 is 15.0 Å². The average Bonchev–Trinajstić information content (AvgIpc) is 3.33. The number of aromatic nitrogens is 2. The van der Waals surface area contributed by atoms with Crippen LogP contribution in [0.15, 0.2) is 77.7 Å². The van der Waals surface area contributed by atoms with Gasteiger partial charge in [0.15, 0.2) is 0 Å². The molecule has 1 saturated heterocycles. The zero-order valence-electron chi connectivity index (χ0n) is 19.3. The molecule has 2 N–H and O–H groups in total. The number of nitrogens with one attached hydrogen (secondary N) is 2. The van der Waals surface area contributed by atoms with Gasteiger partial charge in [0.25, 0.3) is 0 Å². The van der Waals surface area contributed by atoms with Crippen molar-refractivity contribution in [2.45, 2.75) is 17.7 Å². The molecule has 0 unspecified atom stereocenters. The number of amides is 1. The van der Waals surface area contributed by atoms with Crippen LogP contribution in [0.2, 0.25) is 0 Å². The average molecular weight is 491 g/mol. The molecule has 0 radical (unpaired) electrons. The molecule has 3 aromatic carbocycles. The summed E-state index contributed by atoms with van der Waals surface area (Å²) in [5.74, 6) is 0.890. The van der Waals surface area contributed by atoms with Crippen LogP contribution in [0, 0.1) is 5.92 Å². The van der Waals surface area contributed by atoms with Crippen molar-refractivity contribution in [3.05, 3.63) is 72.8 Å². The lowest BCUT2D eigenvalue weighted by Gasteiger charge is -2.30. The number of piperidine rings is 1. The fourth-order valence-corrected chi connectivity index (χ4v) is 5.84. The molecule has 0 spiro atoms. The summed E-state index contributed by atoms with van der Waals surface area (Å²) in [5, 5.41) is 3.04. The summed E-state index contributed by atoms with van der Waals surface area (Å²) in [6.07, 6.45) is 0.905. The number of fused-ring (bicyclic) bond motifs is 1. The number of ether oxygens (including phenoxy) is 1. The largest absolute Gasteiger partial charge is 0.497 e. The smallest absolute Gasteiger partial charge is 0.243 e. The number of carbonyl (C=O) groups is 1. The highest BCUT2D eigenvalue weighted by Gasteiger charge is 2.32. The van der Waals surface area contributed by atoms with Gasteiger partial charge in [0.05, 0.1) is 28.7 Å². The van der Waals surface area contributed by atoms with Gasteiger partial charge in [-0.3, -0.25) is 4.79 Å². The summed E-state index contributed by atoms with van der Waals surface area (Å²) < 4.78 is 32.6. The zero-order chi connectivity index (χ0) is 24.4. The van der Waals surface area contributed by atoms with E-state index in [1.54, 1.807) is 24.3 Å². The lowest BCUT2D eigenvalue weighted by Crippen LogP contribution is -2.41. The molecule has 1 aromatic heterocycles. The van der Waals surface area contributed by atoms with Crippen molar-refractivity contribution in [2.24, 2.45) is 5.92 Å². The minimum atomic E-state index is -3.62. The van der Waals surface area contributed by atoms with Gasteiger partial charge in [-0.05, 0) is 61.4 Å². The molecule has 1 amide bonds. The number of H-pyrrole nitrogens is 1. The number of sulfonamides is 1. The molecule has 5 rings (SSSR count). The van der Waals surface area contributed by atoms with Crippen LogP contribution in [0.4, 0.5) is 5.69 Å². The topological polar surface area (TPSA) is 104 Å². The quantitative estimate of drug-likeness (QED) is 0.420. The van der Waals surface area contributed by atoms with E-state index in [9.17, 15) is 13.2 Å². The van der Waals surface area contributed by atoms with E-state index in [4.69, 9.17) is 4.74 Å². The van der Waals surface area contributed by atoms with Gasteiger partial charge in [0, 0.05) is 24.6 Å². The fourth-order valence-electron chi connectivity index (χ4n) is 4.37. The Morgan fingerprint density at radius 3 is 2.40 bits per heavy atom. The minimum absolute atomic E-state index is 0.116. The number of carbonyl (C=O) groups excluding carboxylic acids is 1. The van der Waals surface area contributed by atoms with E-state index in [0.29, 0.717) is 30.1 Å². The van der Waals surface area contributed by atoms with Crippen LogP contribution in [0.25, 0.3) is 22.4 Å². The van der Waals surface area contributed by atoms with Crippen LogP contribution in [-0.2, 0) is 14.8 Å². The van der Waals surface area contributed by atoms with Gasteiger partial charge in [-0.25, -0.2) is 13.4 Å². The number of aromatic amines is 1. The third kappa shape index (κ3) is 4.65. The van der Waals surface area contributed by atoms with Gasteiger partial charge in [0.2, 0.25) is 15.9 Å². The lowest BCUT2D eigenvalue weighted by molar-refractivity contribution is -0.120. The van der Waals surface area contributed by atoms with E-state index in [2.05, 4.69) is 15.3 Å². The number of imidazole rings is 1. The van der Waals surface area contributed by atoms with Crippen LogP contribution < -0.4 is 10.1 Å². The second-order valence-electron chi connectivity index (χ2n) is 8.49. The molecule has 1 aliphatic rings. The third-order valence-corrected chi connectivity index (χ3v) is 8.26. The highest BCUT2D eigenvalue weighted by atomic mass is 32.2. The van der Waals surface area contributed by atoms with Gasteiger partial charge in [-0.1, -0.05) is 24.3 Å². The Kier molecular flexibility index (Phi) is 6.27. The normalized spacial score (nSPS) is 15.2. The zero-order valence-corrected chi connectivity index (χ0v) is 20.1. The van der Waals surface area contributed by atoms with Crippen molar-refractivity contribution >= 4 is 32.7 Å². The molecule has 0 saturated carbocycles. The third-order valence-electron chi connectivity index (χ3n) is 6.35. The molecule has 1 aliphatic heterocycles. The van der Waals surface area contributed by atoms with Gasteiger partial charge >= 0.3 is 0 Å². The first-order valence-electron chi connectivity index (χ1n) is 11.4. The number of nitrogens with zero attached hydrogens (tertiary/aromatic N) is 2. The summed E-state index contributed by atoms with van der Waals surface area (Å²) in [5.41, 5.74) is 3.25. The standard InChI is InChI=1S/C26H26N4O4S/c1-34-19-10-12-20(13-11-19)35(32,33)30-16-14-18(15-17-30)26(31)29-22-7-3-2-6-21(22)25-27-23-8-4-5-9-24(23)28-25/h2-13,18H,14-17H2,1H3,(H,27,28)(H,29,31). The maximum atomic E-state index is 13.1. The molecule has 35 heavy (non-hydrogen) atoms. The van der Waals surface area contributed by atoms with Gasteiger partial charge in [-0.15, -0.1) is 0 Å². The van der Waals surface area contributed by atoms with E-state index in [0.717, 1.165) is 16.6 Å². The molecule has 180 valence electrons. The number of hydrogen-bond acceptors (Lipinski definition) is 5. The Morgan fingerprint density at radius 1 is 1.00 bits per heavy atom. The van der Waals surface area contributed by atoms with Crippen molar-refractivity contribution in [2.75, 3.05) is 25.5 Å². The first kappa shape index (κ1) is 23.1. The predicted molar refractivity (Wildman–Crippen MR) is 135 cm³/mol. The Morgan fingerprint density at radius 2 is 1.69 bits per heavy atom. The van der Waals surface area contributed by atoms with Crippen molar-refractivity contribution in [1.82, 2.24) is 14.3 Å². The van der Waals surface area contributed by atoms with Crippen molar-refractivity contribution in [1.29, 1.82) is 0 Å². The second-order valence-corrected chi connectivity index (χ2v) is 10.4. The fraction of sp³-hybridized carbons (Fsp3) is 0.231. The SMILES string of the molecule is COc1ccc(S(=O)(=O)N2CCC(C(=O)Nc3ccccc3-c3nc4ccccc4[nH]3)CC2)cc1. The summed E-state index contributed by atoms with van der Waals surface area (Å²) in [7, 11) is -2.08. The second kappa shape index (κ2) is 9.52. The van der Waals surface area contributed by atoms with E-state index in [1.165, 1.54) is 11.4 Å². The Bertz CT molecular complexity index is 1420. The molecule has 0 atom stereocenters. The first-order chi connectivity index (χ1) is 17.0. The van der Waals surface area contributed by atoms with Gasteiger partial charge in [-0.2, -0.15) is 4.31 Å². The molecule has 9 heteroatoms. The van der Waals surface area contributed by atoms with Crippen LogP contribution in [-0.4, -0.2) is 48.8 Å². The number of anilines is 1. The number of para-hydroxylation sites is 3. The van der Waals surface area contributed by atoms with Crippen molar-refractivity contribution < 1.29 is 17.9 Å². The monoisotopic (exact) mass is 490 g/mol. The van der Waals surface area contributed by atoms with Crippen LogP contribution in [0.3, 0.4) is 0 Å². The molecule has 1 fully saturated rings. The number of hydrogen-bond donors (Lipinski definition) is 2. The van der Waals surface area contributed by atoms with E-state index < -0.39 is 10.0 Å². The van der Waals surface area contributed by atoms with Crippen molar-refractivity contribution in [3.8, 4) is 17.1 Å². The van der Waals surface area contributed by atoms with Crippen molar-refractivity contribution in [3.63, 3.8) is 0 Å². The molecule has 0 aliphatic carbocycles. The molecular weight excluding hydrogens is 464 g/mol.